The molecule has 0 bridgehead atoms. The molecular weight excluding hydrogens is 219 g/mol. The van der Waals surface area contributed by atoms with Gasteiger partial charge in [-0.2, -0.15) is 0 Å². The van der Waals surface area contributed by atoms with Gasteiger partial charge < -0.3 is 15.0 Å². The molecule has 1 heterocycles. The molecule has 1 N–H and O–H groups in total. The largest absolute Gasteiger partial charge is 0.378 e. The van der Waals surface area contributed by atoms with Crippen LogP contribution in [-0.2, 0) is 4.74 Å². The predicted molar refractivity (Wildman–Crippen MR) is 66.9 cm³/mol. The molecule has 1 fully saturated rings. The van der Waals surface area contributed by atoms with Crippen LogP contribution in [0, 0.1) is 5.82 Å². The van der Waals surface area contributed by atoms with Gasteiger partial charge in [-0.15, -0.1) is 0 Å². The van der Waals surface area contributed by atoms with Gasteiger partial charge in [-0.05, 0) is 26.1 Å². The van der Waals surface area contributed by atoms with Crippen molar-refractivity contribution in [2.24, 2.45) is 0 Å². The van der Waals surface area contributed by atoms with Gasteiger partial charge in [0.1, 0.15) is 5.82 Å². The van der Waals surface area contributed by atoms with Crippen LogP contribution in [0.5, 0.6) is 0 Å². The zero-order valence-electron chi connectivity index (χ0n) is 10.4. The lowest BCUT2D eigenvalue weighted by molar-refractivity contribution is 0.122. The molecule has 1 aromatic carbocycles. The molecule has 3 nitrogen and oxygen atoms in total. The summed E-state index contributed by atoms with van der Waals surface area (Å²) >= 11 is 0. The van der Waals surface area contributed by atoms with Gasteiger partial charge in [-0.1, -0.05) is 6.07 Å². The predicted octanol–water partition coefficient (Wildman–Crippen LogP) is 1.94. The van der Waals surface area contributed by atoms with E-state index in [1.165, 1.54) is 6.07 Å². The number of ether oxygens (including phenoxy) is 1. The molecule has 1 unspecified atom stereocenters. The van der Waals surface area contributed by atoms with E-state index in [1.54, 1.807) is 6.07 Å². The van der Waals surface area contributed by atoms with Crippen LogP contribution in [0.15, 0.2) is 18.2 Å². The van der Waals surface area contributed by atoms with Crippen molar-refractivity contribution in [2.45, 2.75) is 13.0 Å². The molecule has 1 atom stereocenters. The van der Waals surface area contributed by atoms with Crippen molar-refractivity contribution in [1.82, 2.24) is 5.32 Å². The smallest absolute Gasteiger partial charge is 0.130 e. The maximum atomic E-state index is 13.9. The molecule has 0 spiro atoms. The topological polar surface area (TPSA) is 24.5 Å². The van der Waals surface area contributed by atoms with Gasteiger partial charge in [0.05, 0.1) is 13.2 Å². The number of anilines is 1. The molecule has 2 rings (SSSR count). The molecule has 1 aromatic rings. The minimum absolute atomic E-state index is 0.00837. The Bertz CT molecular complexity index is 378. The van der Waals surface area contributed by atoms with Gasteiger partial charge in [0.15, 0.2) is 0 Å². The van der Waals surface area contributed by atoms with Crippen molar-refractivity contribution in [3.8, 4) is 0 Å². The standard InChI is InChI=1S/C13H19FN2O/c1-10(15-2)13-11(14)4-3-5-12(13)16-6-8-17-9-7-16/h3-5,10,15H,6-9H2,1-2H3. The zero-order chi connectivity index (χ0) is 12.3. The summed E-state index contributed by atoms with van der Waals surface area (Å²) < 4.78 is 19.3. The van der Waals surface area contributed by atoms with E-state index in [0.29, 0.717) is 13.2 Å². The number of hydrogen-bond acceptors (Lipinski definition) is 3. The van der Waals surface area contributed by atoms with Crippen molar-refractivity contribution >= 4 is 5.69 Å². The number of nitrogens with zero attached hydrogens (tertiary/aromatic N) is 1. The molecule has 0 aromatic heterocycles. The Morgan fingerprint density at radius 2 is 2.06 bits per heavy atom. The number of benzene rings is 1. The minimum atomic E-state index is -0.143. The van der Waals surface area contributed by atoms with Gasteiger partial charge in [-0.3, -0.25) is 0 Å². The summed E-state index contributed by atoms with van der Waals surface area (Å²) in [7, 11) is 1.85. The normalized spacial score (nSPS) is 18.2. The number of rotatable bonds is 3. The number of nitrogens with one attached hydrogen (secondary N) is 1. The van der Waals surface area contributed by atoms with E-state index in [4.69, 9.17) is 4.74 Å². The first kappa shape index (κ1) is 12.3. The Morgan fingerprint density at radius 3 is 2.71 bits per heavy atom. The Balaban J connectivity index is 2.34. The van der Waals surface area contributed by atoms with Crippen LogP contribution in [0.25, 0.3) is 0 Å². The fourth-order valence-corrected chi connectivity index (χ4v) is 2.18. The van der Waals surface area contributed by atoms with E-state index in [0.717, 1.165) is 24.3 Å². The highest BCUT2D eigenvalue weighted by atomic mass is 19.1. The van der Waals surface area contributed by atoms with Crippen LogP contribution in [0.1, 0.15) is 18.5 Å². The van der Waals surface area contributed by atoms with E-state index in [1.807, 2.05) is 20.0 Å². The van der Waals surface area contributed by atoms with E-state index >= 15 is 0 Å². The molecule has 0 aliphatic carbocycles. The van der Waals surface area contributed by atoms with Crippen molar-refractivity contribution < 1.29 is 9.13 Å². The maximum absolute atomic E-state index is 13.9. The lowest BCUT2D eigenvalue weighted by Gasteiger charge is -2.32. The summed E-state index contributed by atoms with van der Waals surface area (Å²) in [6.07, 6.45) is 0. The first-order valence-electron chi connectivity index (χ1n) is 6.02. The quantitative estimate of drug-likeness (QED) is 0.871. The summed E-state index contributed by atoms with van der Waals surface area (Å²) in [4.78, 5) is 2.19. The summed E-state index contributed by atoms with van der Waals surface area (Å²) in [6, 6.07) is 5.28. The van der Waals surface area contributed by atoms with Gasteiger partial charge in [-0.25, -0.2) is 4.39 Å². The first-order chi connectivity index (χ1) is 8.24. The van der Waals surface area contributed by atoms with Crippen molar-refractivity contribution in [3.63, 3.8) is 0 Å². The van der Waals surface area contributed by atoms with Crippen molar-refractivity contribution in [1.29, 1.82) is 0 Å². The third kappa shape index (κ3) is 2.58. The van der Waals surface area contributed by atoms with Crippen LogP contribution in [0.4, 0.5) is 10.1 Å². The van der Waals surface area contributed by atoms with Crippen LogP contribution < -0.4 is 10.2 Å². The summed E-state index contributed by atoms with van der Waals surface area (Å²) in [5, 5.41) is 3.10. The Morgan fingerprint density at radius 1 is 1.35 bits per heavy atom. The molecular formula is C13H19FN2O. The van der Waals surface area contributed by atoms with Crippen molar-refractivity contribution in [2.75, 3.05) is 38.3 Å². The second-order valence-corrected chi connectivity index (χ2v) is 4.28. The second kappa shape index (κ2) is 5.47. The molecule has 4 heteroatoms. The molecule has 0 saturated carbocycles. The minimum Gasteiger partial charge on any atom is -0.378 e. The third-order valence-corrected chi connectivity index (χ3v) is 3.25. The molecule has 0 radical (unpaired) electrons. The van der Waals surface area contributed by atoms with E-state index in [2.05, 4.69) is 10.2 Å². The molecule has 17 heavy (non-hydrogen) atoms. The Labute approximate surface area is 102 Å². The average molecular weight is 238 g/mol. The highest BCUT2D eigenvalue weighted by molar-refractivity contribution is 5.55. The van der Waals surface area contributed by atoms with Gasteiger partial charge in [0, 0.05) is 30.4 Å². The monoisotopic (exact) mass is 238 g/mol. The molecule has 1 saturated heterocycles. The second-order valence-electron chi connectivity index (χ2n) is 4.28. The first-order valence-corrected chi connectivity index (χ1v) is 6.02. The highest BCUT2D eigenvalue weighted by Crippen LogP contribution is 2.29. The fourth-order valence-electron chi connectivity index (χ4n) is 2.18. The van der Waals surface area contributed by atoms with Crippen molar-refractivity contribution in [3.05, 3.63) is 29.6 Å². The lowest BCUT2D eigenvalue weighted by Crippen LogP contribution is -2.37. The number of hydrogen-bond donors (Lipinski definition) is 1. The Hall–Kier alpha value is -1.13. The van der Waals surface area contributed by atoms with Crippen LogP contribution >= 0.6 is 0 Å². The van der Waals surface area contributed by atoms with Crippen LogP contribution in [-0.4, -0.2) is 33.4 Å². The van der Waals surface area contributed by atoms with E-state index < -0.39 is 0 Å². The molecule has 0 amide bonds. The lowest BCUT2D eigenvalue weighted by atomic mass is 10.0. The summed E-state index contributed by atoms with van der Waals surface area (Å²) in [5.74, 6) is -0.143. The highest BCUT2D eigenvalue weighted by Gasteiger charge is 2.20. The van der Waals surface area contributed by atoms with Crippen LogP contribution in [0.3, 0.4) is 0 Å². The Kier molecular flexibility index (Phi) is 3.97. The van der Waals surface area contributed by atoms with Gasteiger partial charge in [0.2, 0.25) is 0 Å². The number of morpholine rings is 1. The van der Waals surface area contributed by atoms with Gasteiger partial charge >= 0.3 is 0 Å². The van der Waals surface area contributed by atoms with E-state index in [9.17, 15) is 4.39 Å². The zero-order valence-corrected chi connectivity index (χ0v) is 10.4. The van der Waals surface area contributed by atoms with Crippen LogP contribution in [0.2, 0.25) is 0 Å². The summed E-state index contributed by atoms with van der Waals surface area (Å²) in [6.45, 7) is 5.05. The fraction of sp³-hybridized carbons (Fsp3) is 0.538. The third-order valence-electron chi connectivity index (χ3n) is 3.25. The summed E-state index contributed by atoms with van der Waals surface area (Å²) in [5.41, 5.74) is 1.73. The van der Waals surface area contributed by atoms with Gasteiger partial charge in [0.25, 0.3) is 0 Å². The average Bonchev–Trinajstić information content (AvgIpc) is 2.38. The molecule has 1 aliphatic rings. The number of halogens is 1. The maximum Gasteiger partial charge on any atom is 0.130 e. The molecule has 1 aliphatic heterocycles. The van der Waals surface area contributed by atoms with E-state index in [-0.39, 0.29) is 11.9 Å². The molecule has 94 valence electrons. The SMILES string of the molecule is CNC(C)c1c(F)cccc1N1CCOCC1.